The third-order valence-corrected chi connectivity index (χ3v) is 4.25. The van der Waals surface area contributed by atoms with Gasteiger partial charge >= 0.3 is 0 Å². The molecule has 6 nitrogen and oxygen atoms in total. The molecule has 4 aromatic rings. The zero-order chi connectivity index (χ0) is 17.2. The number of nitrogens with zero attached hydrogens (tertiary/aromatic N) is 3. The molecule has 1 aromatic carbocycles. The van der Waals surface area contributed by atoms with Crippen molar-refractivity contribution in [3.63, 3.8) is 0 Å². The molecule has 25 heavy (non-hydrogen) atoms. The van der Waals surface area contributed by atoms with Gasteiger partial charge in [-0.2, -0.15) is 0 Å². The van der Waals surface area contributed by atoms with Crippen molar-refractivity contribution in [2.75, 3.05) is 5.32 Å². The molecule has 0 unspecified atom stereocenters. The first-order valence-electron chi connectivity index (χ1n) is 8.43. The molecule has 0 saturated heterocycles. The van der Waals surface area contributed by atoms with Gasteiger partial charge in [0.15, 0.2) is 0 Å². The fourth-order valence-electron chi connectivity index (χ4n) is 3.06. The molecule has 0 aliphatic rings. The van der Waals surface area contributed by atoms with Crippen LogP contribution in [0.25, 0.3) is 22.1 Å². The summed E-state index contributed by atoms with van der Waals surface area (Å²) < 4.78 is 1.69. The highest BCUT2D eigenvalue weighted by atomic mass is 16.2. The highest BCUT2D eigenvalue weighted by molar-refractivity contribution is 5.94. The molecule has 0 saturated carbocycles. The van der Waals surface area contributed by atoms with Crippen LogP contribution in [0.5, 0.6) is 0 Å². The number of imidazole rings is 1. The normalized spacial score (nSPS) is 11.2. The molecule has 3 aromatic heterocycles. The summed E-state index contributed by atoms with van der Waals surface area (Å²) in [5.41, 5.74) is 3.60. The van der Waals surface area contributed by atoms with E-state index in [0.717, 1.165) is 34.1 Å². The number of aromatic amines is 1. The third kappa shape index (κ3) is 2.76. The number of H-pyrrole nitrogens is 1. The van der Waals surface area contributed by atoms with Crippen LogP contribution in [0, 0.1) is 0 Å². The second kappa shape index (κ2) is 6.39. The van der Waals surface area contributed by atoms with Crippen LogP contribution >= 0.6 is 0 Å². The summed E-state index contributed by atoms with van der Waals surface area (Å²) in [6.07, 6.45) is 5.00. The lowest BCUT2D eigenvalue weighted by Gasteiger charge is -2.09. The number of fused-ring (bicyclic) bond motifs is 2. The van der Waals surface area contributed by atoms with Gasteiger partial charge in [0.25, 0.3) is 0 Å². The molecular formula is C19H19N5O. The number of hydrogen-bond acceptors (Lipinski definition) is 4. The molecule has 0 spiro atoms. The predicted molar refractivity (Wildman–Crippen MR) is 98.7 cm³/mol. The molecule has 6 heteroatoms. The van der Waals surface area contributed by atoms with E-state index in [4.69, 9.17) is 0 Å². The van der Waals surface area contributed by atoms with Crippen LogP contribution in [0.4, 0.5) is 5.95 Å². The van der Waals surface area contributed by atoms with E-state index in [2.05, 4.69) is 20.3 Å². The first-order chi connectivity index (χ1) is 12.3. The molecule has 4 rings (SSSR count). The van der Waals surface area contributed by atoms with Gasteiger partial charge in [-0.3, -0.25) is 4.79 Å². The Morgan fingerprint density at radius 3 is 3.00 bits per heavy atom. The van der Waals surface area contributed by atoms with E-state index in [1.807, 2.05) is 49.5 Å². The van der Waals surface area contributed by atoms with Crippen LogP contribution in [0.1, 0.15) is 30.1 Å². The van der Waals surface area contributed by atoms with E-state index < -0.39 is 0 Å². The van der Waals surface area contributed by atoms with Crippen LogP contribution in [-0.4, -0.2) is 25.4 Å². The number of nitrogens with one attached hydrogen (secondary N) is 2. The molecule has 3 heterocycles. The first-order valence-corrected chi connectivity index (χ1v) is 8.43. The van der Waals surface area contributed by atoms with Crippen molar-refractivity contribution in [1.29, 1.82) is 0 Å². The van der Waals surface area contributed by atoms with Crippen molar-refractivity contribution in [3.05, 3.63) is 54.4 Å². The summed E-state index contributed by atoms with van der Waals surface area (Å²) in [6, 6.07) is 11.7. The molecule has 126 valence electrons. The molecular weight excluding hydrogens is 314 g/mol. The van der Waals surface area contributed by atoms with Crippen molar-refractivity contribution < 1.29 is 4.79 Å². The van der Waals surface area contributed by atoms with Gasteiger partial charge in [0.05, 0.1) is 11.0 Å². The van der Waals surface area contributed by atoms with E-state index >= 15 is 0 Å². The maximum absolute atomic E-state index is 12.6. The summed E-state index contributed by atoms with van der Waals surface area (Å²) in [5, 5.41) is 4.39. The Bertz CT molecular complexity index is 1050. The average Bonchev–Trinajstić information content (AvgIpc) is 3.21. The second-order valence-corrected chi connectivity index (χ2v) is 5.97. The molecule has 0 aliphatic heterocycles. The summed E-state index contributed by atoms with van der Waals surface area (Å²) in [5.74, 6) is 0.636. The van der Waals surface area contributed by atoms with Gasteiger partial charge in [0.1, 0.15) is 5.65 Å². The first kappa shape index (κ1) is 15.4. The van der Waals surface area contributed by atoms with Crippen LogP contribution in [0.3, 0.4) is 0 Å². The maximum atomic E-state index is 12.6. The zero-order valence-electron chi connectivity index (χ0n) is 14.0. The lowest BCUT2D eigenvalue weighted by atomic mass is 10.2. The van der Waals surface area contributed by atoms with E-state index in [1.54, 1.807) is 10.8 Å². The van der Waals surface area contributed by atoms with Crippen LogP contribution in [0.2, 0.25) is 0 Å². The summed E-state index contributed by atoms with van der Waals surface area (Å²) >= 11 is 0. The highest BCUT2D eigenvalue weighted by Crippen LogP contribution is 2.22. The number of rotatable bonds is 5. The van der Waals surface area contributed by atoms with Crippen LogP contribution in [0.15, 0.2) is 48.8 Å². The Morgan fingerprint density at radius 2 is 2.12 bits per heavy atom. The monoisotopic (exact) mass is 333 g/mol. The third-order valence-electron chi connectivity index (χ3n) is 4.25. The second-order valence-electron chi connectivity index (χ2n) is 5.97. The number of carbonyl (C=O) groups excluding carboxylic acids is 1. The van der Waals surface area contributed by atoms with E-state index in [0.29, 0.717) is 18.9 Å². The Hall–Kier alpha value is -3.15. The highest BCUT2D eigenvalue weighted by Gasteiger charge is 2.16. The topological polar surface area (TPSA) is 75.6 Å². The molecule has 0 fully saturated rings. The number of anilines is 1. The van der Waals surface area contributed by atoms with Crippen molar-refractivity contribution in [1.82, 2.24) is 19.5 Å². The van der Waals surface area contributed by atoms with Crippen molar-refractivity contribution in [2.45, 2.75) is 26.3 Å². The number of hydrogen-bond donors (Lipinski definition) is 2. The van der Waals surface area contributed by atoms with Gasteiger partial charge < -0.3 is 10.3 Å². The maximum Gasteiger partial charge on any atom is 0.233 e. The summed E-state index contributed by atoms with van der Waals surface area (Å²) in [7, 11) is 0. The fourth-order valence-corrected chi connectivity index (χ4v) is 3.06. The Morgan fingerprint density at radius 1 is 1.24 bits per heavy atom. The Labute approximate surface area is 144 Å². The summed E-state index contributed by atoms with van der Waals surface area (Å²) in [4.78, 5) is 24.6. The Kier molecular flexibility index (Phi) is 3.93. The van der Waals surface area contributed by atoms with Gasteiger partial charge in [-0.05, 0) is 36.2 Å². The standard InChI is InChI=1S/C19H19N5O/c1-2-6-17(25)24-16-9-4-3-8-15(16)23-19(24)22-12-13-11-21-18-14(13)7-5-10-20-18/h3-5,7-11H,2,6,12H2,1H3,(H,20,21)(H,22,23). The lowest BCUT2D eigenvalue weighted by molar-refractivity contribution is 0.0909. The number of carbonyl (C=O) groups is 1. The minimum atomic E-state index is 0.0549. The minimum absolute atomic E-state index is 0.0549. The quantitative estimate of drug-likeness (QED) is 0.579. The molecule has 0 amide bonds. The zero-order valence-corrected chi connectivity index (χ0v) is 14.0. The molecule has 0 radical (unpaired) electrons. The smallest absolute Gasteiger partial charge is 0.233 e. The predicted octanol–water partition coefficient (Wildman–Crippen LogP) is 3.97. The van der Waals surface area contributed by atoms with Crippen molar-refractivity contribution >= 4 is 33.9 Å². The number of para-hydroxylation sites is 2. The van der Waals surface area contributed by atoms with Crippen LogP contribution in [-0.2, 0) is 6.54 Å². The molecule has 2 N–H and O–H groups in total. The van der Waals surface area contributed by atoms with E-state index in [-0.39, 0.29) is 5.91 Å². The minimum Gasteiger partial charge on any atom is -0.351 e. The van der Waals surface area contributed by atoms with Crippen molar-refractivity contribution in [3.8, 4) is 0 Å². The number of benzene rings is 1. The van der Waals surface area contributed by atoms with Gasteiger partial charge in [0, 0.05) is 30.7 Å². The van der Waals surface area contributed by atoms with Gasteiger partial charge in [0.2, 0.25) is 11.9 Å². The van der Waals surface area contributed by atoms with Crippen molar-refractivity contribution in [2.24, 2.45) is 0 Å². The van der Waals surface area contributed by atoms with Gasteiger partial charge in [-0.15, -0.1) is 0 Å². The van der Waals surface area contributed by atoms with E-state index in [9.17, 15) is 4.79 Å². The molecule has 0 bridgehead atoms. The van der Waals surface area contributed by atoms with Gasteiger partial charge in [-0.25, -0.2) is 14.5 Å². The number of pyridine rings is 1. The van der Waals surface area contributed by atoms with Crippen LogP contribution < -0.4 is 5.32 Å². The molecule has 0 aliphatic carbocycles. The number of aromatic nitrogens is 4. The average molecular weight is 333 g/mol. The SMILES string of the molecule is CCCC(=O)n1c(NCc2c[nH]c3ncccc23)nc2ccccc21. The lowest BCUT2D eigenvalue weighted by Crippen LogP contribution is -2.14. The van der Waals surface area contributed by atoms with Gasteiger partial charge in [-0.1, -0.05) is 19.1 Å². The summed E-state index contributed by atoms with van der Waals surface area (Å²) in [6.45, 7) is 2.57. The largest absolute Gasteiger partial charge is 0.351 e. The van der Waals surface area contributed by atoms with E-state index in [1.165, 1.54) is 0 Å². The fraction of sp³-hybridized carbons (Fsp3) is 0.211. The molecule has 0 atom stereocenters. The Balaban J connectivity index is 1.69.